The molecule has 35 heavy (non-hydrogen) atoms. The van der Waals surface area contributed by atoms with E-state index in [0.717, 1.165) is 25.9 Å². The molecule has 1 saturated heterocycles. The van der Waals surface area contributed by atoms with Gasteiger partial charge in [-0.05, 0) is 56.5 Å². The second kappa shape index (κ2) is 7.54. The Morgan fingerprint density at radius 2 is 1.80 bits per heavy atom. The summed E-state index contributed by atoms with van der Waals surface area (Å²) < 4.78 is 0. The molecule has 0 spiro atoms. The molecule has 0 bridgehead atoms. The molecule has 0 radical (unpaired) electrons. The average Bonchev–Trinajstić information content (AvgIpc) is 3.29. The second-order valence-electron chi connectivity index (χ2n) is 10.1. The van der Waals surface area contributed by atoms with Gasteiger partial charge in [-0.1, -0.05) is 0 Å². The van der Waals surface area contributed by atoms with Crippen molar-refractivity contribution in [1.82, 2.24) is 4.90 Å². The van der Waals surface area contributed by atoms with Crippen molar-refractivity contribution in [3.63, 3.8) is 0 Å². The van der Waals surface area contributed by atoms with Crippen molar-refractivity contribution in [1.29, 1.82) is 0 Å². The third-order valence-electron chi connectivity index (χ3n) is 8.12. The molecule has 1 aromatic rings. The normalized spacial score (nSPS) is 33.0. The van der Waals surface area contributed by atoms with Gasteiger partial charge in [0.1, 0.15) is 22.8 Å². The molecular formula is C24H28N4O7. The summed E-state index contributed by atoms with van der Waals surface area (Å²) in [5, 5.41) is 44.1. The van der Waals surface area contributed by atoms with E-state index in [2.05, 4.69) is 4.90 Å². The number of ketones is 2. The lowest BCUT2D eigenvalue weighted by Crippen LogP contribution is -2.66. The number of hydrogen-bond acceptors (Lipinski definition) is 10. The van der Waals surface area contributed by atoms with E-state index >= 15 is 0 Å². The monoisotopic (exact) mass is 484 g/mol. The van der Waals surface area contributed by atoms with Crippen molar-refractivity contribution in [2.45, 2.75) is 37.3 Å². The van der Waals surface area contributed by atoms with Gasteiger partial charge in [0.05, 0.1) is 11.6 Å². The molecule has 4 aliphatic rings. The summed E-state index contributed by atoms with van der Waals surface area (Å²) in [5.74, 6) is -6.68. The Kier molecular flexibility index (Phi) is 5.03. The number of aromatic hydroxyl groups is 1. The van der Waals surface area contributed by atoms with Crippen LogP contribution in [0.25, 0.3) is 0 Å². The number of likely N-dealkylation sites (tertiary alicyclic amines) is 1. The first kappa shape index (κ1) is 23.3. The Morgan fingerprint density at radius 1 is 1.14 bits per heavy atom. The van der Waals surface area contributed by atoms with E-state index < -0.39 is 57.5 Å². The van der Waals surface area contributed by atoms with Crippen molar-refractivity contribution >= 4 is 23.2 Å². The van der Waals surface area contributed by atoms with Gasteiger partial charge in [0.25, 0.3) is 5.91 Å². The summed E-state index contributed by atoms with van der Waals surface area (Å²) in [6.45, 7) is 1.81. The number of hydrogen-bond donors (Lipinski definition) is 7. The standard InChI is InChI=1S/C24H28N4O7/c25-12-3-4-13(29)14-10(12)7-23(9-28-5-1-2-6-28)8-11-17(26)19(31)15(22(27)34)20(32)24(11,35)21(33)16(23)18(14)30/h3-4,11,17,29,31,33,35H,1-2,5-9,25-26H2,(H2,27,34)/t11-,17-,23-,24+/m0/s1. The smallest absolute Gasteiger partial charge is 0.255 e. The Balaban J connectivity index is 1.78. The highest BCUT2D eigenvalue weighted by Gasteiger charge is 2.66. The summed E-state index contributed by atoms with van der Waals surface area (Å²) in [6.07, 6.45) is 1.96. The number of aliphatic hydroxyl groups is 3. The van der Waals surface area contributed by atoms with Crippen molar-refractivity contribution < 1.29 is 34.8 Å². The fourth-order valence-electron chi connectivity index (χ4n) is 6.49. The van der Waals surface area contributed by atoms with E-state index in [1.54, 1.807) is 0 Å². The quantitative estimate of drug-likeness (QED) is 0.167. The molecule has 1 aliphatic heterocycles. The van der Waals surface area contributed by atoms with E-state index in [0.29, 0.717) is 12.1 Å². The molecule has 0 aromatic heterocycles. The Hall–Kier alpha value is -3.41. The fourth-order valence-corrected chi connectivity index (χ4v) is 6.49. The van der Waals surface area contributed by atoms with E-state index in [-0.39, 0.29) is 35.4 Å². The number of primary amides is 1. The van der Waals surface area contributed by atoms with Crippen LogP contribution in [-0.4, -0.2) is 74.1 Å². The average molecular weight is 485 g/mol. The fraction of sp³-hybridized carbons (Fsp3) is 0.458. The second-order valence-corrected chi connectivity index (χ2v) is 10.1. The maximum atomic E-state index is 13.8. The number of nitrogens with two attached hydrogens (primary N) is 3. The van der Waals surface area contributed by atoms with Crippen molar-refractivity contribution in [2.75, 3.05) is 25.4 Å². The van der Waals surface area contributed by atoms with Crippen molar-refractivity contribution in [2.24, 2.45) is 22.8 Å². The highest BCUT2D eigenvalue weighted by atomic mass is 16.3. The number of nitrogens with zero attached hydrogens (tertiary/aromatic N) is 1. The number of aliphatic hydroxyl groups excluding tert-OH is 2. The number of phenolic OH excluding ortho intramolecular Hbond substituents is 1. The van der Waals surface area contributed by atoms with Gasteiger partial charge < -0.3 is 42.5 Å². The molecule has 1 heterocycles. The van der Waals surface area contributed by atoms with Gasteiger partial charge >= 0.3 is 0 Å². The minimum atomic E-state index is -2.75. The summed E-state index contributed by atoms with van der Waals surface area (Å²) in [6, 6.07) is 1.35. The third kappa shape index (κ3) is 2.98. The largest absolute Gasteiger partial charge is 0.510 e. The Morgan fingerprint density at radius 3 is 2.43 bits per heavy atom. The molecule has 1 amide bonds. The van der Waals surface area contributed by atoms with Crippen LogP contribution < -0.4 is 17.2 Å². The molecule has 186 valence electrons. The van der Waals surface area contributed by atoms with Crippen LogP contribution in [0.15, 0.2) is 34.8 Å². The third-order valence-corrected chi connectivity index (χ3v) is 8.12. The first-order valence-electron chi connectivity index (χ1n) is 11.5. The van der Waals surface area contributed by atoms with E-state index in [1.165, 1.54) is 12.1 Å². The number of benzene rings is 1. The molecule has 5 rings (SSSR count). The van der Waals surface area contributed by atoms with Crippen LogP contribution in [0.5, 0.6) is 5.75 Å². The molecule has 0 saturated carbocycles. The zero-order chi connectivity index (χ0) is 25.4. The number of fused-ring (bicyclic) bond motifs is 3. The highest BCUT2D eigenvalue weighted by molar-refractivity contribution is 6.25. The summed E-state index contributed by atoms with van der Waals surface area (Å²) in [7, 11) is 0. The first-order valence-corrected chi connectivity index (χ1v) is 11.5. The predicted octanol–water partition coefficient (Wildman–Crippen LogP) is -0.434. The molecule has 1 aromatic carbocycles. The predicted molar refractivity (Wildman–Crippen MR) is 123 cm³/mol. The first-order chi connectivity index (χ1) is 16.4. The lowest BCUT2D eigenvalue weighted by atomic mass is 9.52. The lowest BCUT2D eigenvalue weighted by molar-refractivity contribution is -0.147. The van der Waals surface area contributed by atoms with Crippen molar-refractivity contribution in [3.8, 4) is 5.75 Å². The van der Waals surface area contributed by atoms with Gasteiger partial charge in [-0.2, -0.15) is 0 Å². The van der Waals surface area contributed by atoms with Crippen LogP contribution in [0.3, 0.4) is 0 Å². The topological polar surface area (TPSA) is 213 Å². The molecule has 1 fully saturated rings. The maximum absolute atomic E-state index is 13.8. The van der Waals surface area contributed by atoms with Crippen LogP contribution in [0.4, 0.5) is 5.69 Å². The van der Waals surface area contributed by atoms with E-state index in [9.17, 15) is 34.8 Å². The zero-order valence-electron chi connectivity index (χ0n) is 19.0. The number of anilines is 1. The van der Waals surface area contributed by atoms with Gasteiger partial charge in [-0.15, -0.1) is 0 Å². The Labute approximate surface area is 200 Å². The van der Waals surface area contributed by atoms with Crippen LogP contribution >= 0.6 is 0 Å². The molecule has 3 aliphatic carbocycles. The molecule has 0 unspecified atom stereocenters. The molecular weight excluding hydrogens is 456 g/mol. The van der Waals surface area contributed by atoms with Gasteiger partial charge in [-0.3, -0.25) is 14.4 Å². The minimum Gasteiger partial charge on any atom is -0.510 e. The van der Waals surface area contributed by atoms with E-state index in [4.69, 9.17) is 17.2 Å². The molecule has 11 nitrogen and oxygen atoms in total. The summed E-state index contributed by atoms with van der Waals surface area (Å²) in [5.41, 5.74) is 13.3. The van der Waals surface area contributed by atoms with Crippen LogP contribution in [0.2, 0.25) is 0 Å². The van der Waals surface area contributed by atoms with Crippen LogP contribution in [0.1, 0.15) is 35.2 Å². The van der Waals surface area contributed by atoms with Gasteiger partial charge in [0, 0.05) is 29.1 Å². The zero-order valence-corrected chi connectivity index (χ0v) is 19.0. The van der Waals surface area contributed by atoms with Crippen LogP contribution in [0, 0.1) is 11.3 Å². The number of rotatable bonds is 3. The number of Topliss-reactive ketones (excluding diaryl/α,β-unsaturated/α-hetero) is 2. The number of phenols is 1. The van der Waals surface area contributed by atoms with Gasteiger partial charge in [0.2, 0.25) is 5.78 Å². The summed E-state index contributed by atoms with van der Waals surface area (Å²) >= 11 is 0. The number of nitrogen functional groups attached to an aromatic ring is 1. The van der Waals surface area contributed by atoms with Gasteiger partial charge in [0.15, 0.2) is 11.4 Å². The minimum absolute atomic E-state index is 0.0668. The lowest BCUT2D eigenvalue weighted by Gasteiger charge is -2.53. The summed E-state index contributed by atoms with van der Waals surface area (Å²) in [4.78, 5) is 41.2. The van der Waals surface area contributed by atoms with Gasteiger partial charge in [-0.25, -0.2) is 0 Å². The van der Waals surface area contributed by atoms with E-state index in [1.807, 2.05) is 0 Å². The number of amides is 1. The molecule has 11 heteroatoms. The number of carbonyl (C=O) groups excluding carboxylic acids is 3. The number of carbonyl (C=O) groups is 3. The maximum Gasteiger partial charge on any atom is 0.255 e. The highest BCUT2D eigenvalue weighted by Crippen LogP contribution is 2.57. The SMILES string of the molecule is NC(=O)C1=C(O)[C@@H](N)[C@@H]2C[C@]3(CN4CCCC4)Cc4c(N)ccc(O)c4C(=O)C3=C(O)[C@]2(O)C1=O. The van der Waals surface area contributed by atoms with Crippen molar-refractivity contribution in [3.05, 3.63) is 45.9 Å². The molecule has 4 atom stereocenters. The molecule has 10 N–H and O–H groups in total. The Bertz CT molecular complexity index is 1250. The van der Waals surface area contributed by atoms with Crippen LogP contribution in [-0.2, 0) is 16.0 Å².